The minimum absolute atomic E-state index is 0.0583. The standard InChI is InChI=1S/C12H14FNO/c13-10-2-1-3-11-9(10)8-12(14-11)4-6-15-7-5-12/h1-3,14H,4-8H2. The molecule has 1 fully saturated rings. The predicted molar refractivity (Wildman–Crippen MR) is 56.5 cm³/mol. The third-order valence-electron chi connectivity index (χ3n) is 3.48. The lowest BCUT2D eigenvalue weighted by atomic mass is 9.87. The van der Waals surface area contributed by atoms with Crippen molar-refractivity contribution in [2.45, 2.75) is 24.8 Å². The molecule has 0 bridgehead atoms. The molecule has 2 heterocycles. The molecule has 0 unspecified atom stereocenters. The number of nitrogens with one attached hydrogen (secondary N) is 1. The molecule has 1 spiro atoms. The van der Waals surface area contributed by atoms with Crippen LogP contribution in [0.1, 0.15) is 18.4 Å². The lowest BCUT2D eigenvalue weighted by molar-refractivity contribution is 0.0623. The Hall–Kier alpha value is -1.09. The van der Waals surface area contributed by atoms with E-state index in [1.165, 1.54) is 0 Å². The van der Waals surface area contributed by atoms with Crippen molar-refractivity contribution in [1.82, 2.24) is 0 Å². The van der Waals surface area contributed by atoms with Gasteiger partial charge in [-0.25, -0.2) is 4.39 Å². The zero-order valence-electron chi connectivity index (χ0n) is 8.55. The van der Waals surface area contributed by atoms with Gasteiger partial charge in [0.05, 0.1) is 0 Å². The molecule has 2 aliphatic heterocycles. The molecule has 0 aromatic heterocycles. The molecule has 2 aliphatic rings. The number of ether oxygens (including phenoxy) is 1. The Morgan fingerprint density at radius 3 is 2.80 bits per heavy atom. The molecular formula is C12H14FNO. The zero-order chi connectivity index (χ0) is 10.3. The monoisotopic (exact) mass is 207 g/mol. The van der Waals surface area contributed by atoms with Crippen LogP contribution < -0.4 is 5.32 Å². The van der Waals surface area contributed by atoms with Gasteiger partial charge >= 0.3 is 0 Å². The Kier molecular flexibility index (Phi) is 1.96. The molecule has 2 nitrogen and oxygen atoms in total. The van der Waals surface area contributed by atoms with Crippen molar-refractivity contribution in [1.29, 1.82) is 0 Å². The summed E-state index contributed by atoms with van der Waals surface area (Å²) in [5, 5.41) is 3.47. The van der Waals surface area contributed by atoms with Gasteiger partial charge in [-0.2, -0.15) is 0 Å². The second kappa shape index (κ2) is 3.20. The highest BCUT2D eigenvalue weighted by atomic mass is 19.1. The Morgan fingerprint density at radius 2 is 2.07 bits per heavy atom. The van der Waals surface area contributed by atoms with Gasteiger partial charge in [-0.05, 0) is 25.0 Å². The first kappa shape index (κ1) is 9.16. The van der Waals surface area contributed by atoms with Crippen LogP contribution in [0.25, 0.3) is 0 Å². The average molecular weight is 207 g/mol. The molecule has 0 aliphatic carbocycles. The summed E-state index contributed by atoms with van der Waals surface area (Å²) < 4.78 is 18.9. The molecule has 1 saturated heterocycles. The van der Waals surface area contributed by atoms with Crippen LogP contribution in [0.15, 0.2) is 18.2 Å². The predicted octanol–water partition coefficient (Wildman–Crippen LogP) is 2.34. The third kappa shape index (κ3) is 1.42. The fourth-order valence-electron chi connectivity index (χ4n) is 2.59. The Labute approximate surface area is 88.4 Å². The van der Waals surface area contributed by atoms with Crippen LogP contribution in [0.2, 0.25) is 0 Å². The van der Waals surface area contributed by atoms with E-state index in [2.05, 4.69) is 5.32 Å². The van der Waals surface area contributed by atoms with Crippen molar-refractivity contribution in [3.05, 3.63) is 29.6 Å². The number of halogens is 1. The molecule has 1 aromatic carbocycles. The molecule has 3 rings (SSSR count). The molecule has 0 atom stereocenters. The highest BCUT2D eigenvalue weighted by Gasteiger charge is 2.39. The van der Waals surface area contributed by atoms with Gasteiger partial charge in [0.1, 0.15) is 5.82 Å². The van der Waals surface area contributed by atoms with E-state index in [1.807, 2.05) is 6.07 Å². The van der Waals surface area contributed by atoms with E-state index in [1.54, 1.807) is 12.1 Å². The number of benzene rings is 1. The summed E-state index contributed by atoms with van der Waals surface area (Å²) in [5.74, 6) is -0.0802. The maximum atomic E-state index is 13.6. The minimum Gasteiger partial charge on any atom is -0.381 e. The van der Waals surface area contributed by atoms with Crippen LogP contribution in [-0.2, 0) is 11.2 Å². The Bertz CT molecular complexity index is 385. The van der Waals surface area contributed by atoms with Gasteiger partial charge in [-0.15, -0.1) is 0 Å². The van der Waals surface area contributed by atoms with Crippen LogP contribution in [0.5, 0.6) is 0 Å². The van der Waals surface area contributed by atoms with Gasteiger partial charge in [0, 0.05) is 36.4 Å². The van der Waals surface area contributed by atoms with E-state index in [9.17, 15) is 4.39 Å². The van der Waals surface area contributed by atoms with Gasteiger partial charge in [0.15, 0.2) is 0 Å². The fourth-order valence-corrected chi connectivity index (χ4v) is 2.59. The first-order chi connectivity index (χ1) is 7.29. The van der Waals surface area contributed by atoms with E-state index in [4.69, 9.17) is 4.74 Å². The number of anilines is 1. The van der Waals surface area contributed by atoms with E-state index < -0.39 is 0 Å². The number of fused-ring (bicyclic) bond motifs is 1. The van der Waals surface area contributed by atoms with E-state index in [0.717, 1.165) is 43.7 Å². The lowest BCUT2D eigenvalue weighted by Gasteiger charge is -2.34. The van der Waals surface area contributed by atoms with Crippen LogP contribution in [0.3, 0.4) is 0 Å². The van der Waals surface area contributed by atoms with Crippen molar-refractivity contribution in [2.24, 2.45) is 0 Å². The molecule has 80 valence electrons. The van der Waals surface area contributed by atoms with Crippen LogP contribution in [-0.4, -0.2) is 18.8 Å². The smallest absolute Gasteiger partial charge is 0.128 e. The SMILES string of the molecule is Fc1cccc2c1CC1(CCOCC1)N2. The zero-order valence-corrected chi connectivity index (χ0v) is 8.55. The quantitative estimate of drug-likeness (QED) is 0.705. The van der Waals surface area contributed by atoms with Gasteiger partial charge in [0.25, 0.3) is 0 Å². The largest absolute Gasteiger partial charge is 0.381 e. The highest BCUT2D eigenvalue weighted by molar-refractivity contribution is 5.59. The fraction of sp³-hybridized carbons (Fsp3) is 0.500. The molecule has 3 heteroatoms. The normalized spacial score (nSPS) is 22.5. The maximum absolute atomic E-state index is 13.6. The molecule has 1 N–H and O–H groups in total. The Balaban J connectivity index is 1.94. The summed E-state index contributed by atoms with van der Waals surface area (Å²) in [6.07, 6.45) is 2.75. The van der Waals surface area contributed by atoms with Gasteiger partial charge < -0.3 is 10.1 Å². The van der Waals surface area contributed by atoms with Gasteiger partial charge in [-0.3, -0.25) is 0 Å². The maximum Gasteiger partial charge on any atom is 0.128 e. The van der Waals surface area contributed by atoms with Crippen molar-refractivity contribution < 1.29 is 9.13 Å². The highest BCUT2D eigenvalue weighted by Crippen LogP contribution is 2.39. The van der Waals surface area contributed by atoms with E-state index in [0.29, 0.717) is 0 Å². The summed E-state index contributed by atoms with van der Waals surface area (Å²) >= 11 is 0. The molecule has 15 heavy (non-hydrogen) atoms. The number of rotatable bonds is 0. The molecule has 1 aromatic rings. The molecule has 0 amide bonds. The second-order valence-electron chi connectivity index (χ2n) is 4.46. The molecule has 0 radical (unpaired) electrons. The van der Waals surface area contributed by atoms with Crippen molar-refractivity contribution >= 4 is 5.69 Å². The summed E-state index contributed by atoms with van der Waals surface area (Å²) in [6.45, 7) is 1.56. The van der Waals surface area contributed by atoms with Crippen LogP contribution >= 0.6 is 0 Å². The average Bonchev–Trinajstić information content (AvgIpc) is 2.59. The number of hydrogen-bond acceptors (Lipinski definition) is 2. The van der Waals surface area contributed by atoms with Crippen molar-refractivity contribution in [2.75, 3.05) is 18.5 Å². The topological polar surface area (TPSA) is 21.3 Å². The summed E-state index contributed by atoms with van der Waals surface area (Å²) in [7, 11) is 0. The first-order valence-electron chi connectivity index (χ1n) is 5.42. The third-order valence-corrected chi connectivity index (χ3v) is 3.48. The summed E-state index contributed by atoms with van der Waals surface area (Å²) in [5.41, 5.74) is 1.87. The second-order valence-corrected chi connectivity index (χ2v) is 4.46. The van der Waals surface area contributed by atoms with Crippen molar-refractivity contribution in [3.8, 4) is 0 Å². The molecule has 0 saturated carbocycles. The van der Waals surface area contributed by atoms with E-state index >= 15 is 0 Å². The van der Waals surface area contributed by atoms with Crippen molar-refractivity contribution in [3.63, 3.8) is 0 Å². The first-order valence-corrected chi connectivity index (χ1v) is 5.42. The lowest BCUT2D eigenvalue weighted by Crippen LogP contribution is -2.42. The van der Waals surface area contributed by atoms with Crippen LogP contribution in [0, 0.1) is 5.82 Å². The van der Waals surface area contributed by atoms with Gasteiger partial charge in [0.2, 0.25) is 0 Å². The summed E-state index contributed by atoms with van der Waals surface area (Å²) in [4.78, 5) is 0. The van der Waals surface area contributed by atoms with Crippen LogP contribution in [0.4, 0.5) is 10.1 Å². The number of hydrogen-bond donors (Lipinski definition) is 1. The van der Waals surface area contributed by atoms with E-state index in [-0.39, 0.29) is 11.4 Å². The van der Waals surface area contributed by atoms with Gasteiger partial charge in [-0.1, -0.05) is 6.07 Å². The molecular weight excluding hydrogens is 193 g/mol. The Morgan fingerprint density at radius 1 is 1.27 bits per heavy atom. The minimum atomic E-state index is -0.0802. The summed E-state index contributed by atoms with van der Waals surface area (Å²) in [6, 6.07) is 5.26.